The summed E-state index contributed by atoms with van der Waals surface area (Å²) >= 11 is 3.11. The molecule has 1 fully saturated rings. The molecule has 17 heavy (non-hydrogen) atoms. The molecule has 0 aromatic heterocycles. The van der Waals surface area contributed by atoms with Crippen LogP contribution in [0.4, 0.5) is 5.69 Å². The summed E-state index contributed by atoms with van der Waals surface area (Å²) in [5, 5.41) is 13.6. The van der Waals surface area contributed by atoms with Crippen LogP contribution in [-0.2, 0) is 0 Å². The minimum absolute atomic E-state index is 0.0985. The van der Waals surface area contributed by atoms with Crippen molar-refractivity contribution in [1.82, 2.24) is 5.32 Å². The van der Waals surface area contributed by atoms with Crippen LogP contribution >= 0.6 is 15.9 Å². The number of nitro benzene ring substituents is 1. The zero-order valence-electron chi connectivity index (χ0n) is 9.20. The predicted octanol–water partition coefficient (Wildman–Crippen LogP) is 2.64. The Morgan fingerprint density at radius 2 is 2.18 bits per heavy atom. The zero-order valence-corrected chi connectivity index (χ0v) is 10.8. The van der Waals surface area contributed by atoms with E-state index in [0.29, 0.717) is 5.56 Å². The van der Waals surface area contributed by atoms with Crippen molar-refractivity contribution in [3.05, 3.63) is 38.3 Å². The average Bonchev–Trinajstić information content (AvgIpc) is 2.95. The van der Waals surface area contributed by atoms with E-state index in [0.717, 1.165) is 12.8 Å². The molecule has 1 aliphatic carbocycles. The second kappa shape index (κ2) is 4.10. The van der Waals surface area contributed by atoms with Crippen LogP contribution in [0.5, 0.6) is 0 Å². The Bertz CT molecular complexity index is 497. The first-order chi connectivity index (χ1) is 7.93. The lowest BCUT2D eigenvalue weighted by atomic mass is 10.1. The number of hydrogen-bond acceptors (Lipinski definition) is 3. The van der Waals surface area contributed by atoms with Gasteiger partial charge in [-0.1, -0.05) is 6.07 Å². The number of nitro groups is 1. The van der Waals surface area contributed by atoms with Gasteiger partial charge in [-0.2, -0.15) is 0 Å². The van der Waals surface area contributed by atoms with Gasteiger partial charge in [0.15, 0.2) is 0 Å². The minimum atomic E-state index is -0.514. The van der Waals surface area contributed by atoms with Crippen molar-refractivity contribution in [3.8, 4) is 0 Å². The number of carbonyl (C=O) groups is 1. The van der Waals surface area contributed by atoms with Gasteiger partial charge >= 0.3 is 0 Å². The molecule has 0 unspecified atom stereocenters. The summed E-state index contributed by atoms with van der Waals surface area (Å²) < 4.78 is 0.228. The molecule has 90 valence electrons. The van der Waals surface area contributed by atoms with Crippen molar-refractivity contribution in [2.75, 3.05) is 0 Å². The third kappa shape index (κ3) is 2.46. The molecule has 0 spiro atoms. The van der Waals surface area contributed by atoms with E-state index in [1.54, 1.807) is 6.07 Å². The van der Waals surface area contributed by atoms with Gasteiger partial charge in [0.2, 0.25) is 0 Å². The third-order valence-electron chi connectivity index (χ3n) is 2.83. The lowest BCUT2D eigenvalue weighted by Crippen LogP contribution is -2.34. The van der Waals surface area contributed by atoms with E-state index in [1.165, 1.54) is 12.1 Å². The summed E-state index contributed by atoms with van der Waals surface area (Å²) in [6, 6.07) is 4.44. The Kier molecular flexibility index (Phi) is 2.91. The monoisotopic (exact) mass is 298 g/mol. The zero-order chi connectivity index (χ0) is 12.6. The molecule has 1 aromatic carbocycles. The normalized spacial score (nSPS) is 16.4. The standard InChI is InChI=1S/C11H11BrN2O3/c1-11(5-6-11)13-10(15)7-3-2-4-8(9(7)12)14(16)17/h2-4H,5-6H2,1H3,(H,13,15). The van der Waals surface area contributed by atoms with Crippen molar-refractivity contribution in [2.45, 2.75) is 25.3 Å². The molecule has 2 rings (SSSR count). The molecule has 0 bridgehead atoms. The summed E-state index contributed by atoms with van der Waals surface area (Å²) in [5.74, 6) is -0.277. The van der Waals surface area contributed by atoms with Crippen molar-refractivity contribution in [1.29, 1.82) is 0 Å². The number of carbonyl (C=O) groups excluding carboxylic acids is 1. The van der Waals surface area contributed by atoms with Crippen LogP contribution in [-0.4, -0.2) is 16.4 Å². The van der Waals surface area contributed by atoms with Crippen LogP contribution in [0.2, 0.25) is 0 Å². The summed E-state index contributed by atoms with van der Waals surface area (Å²) in [5.41, 5.74) is 0.0622. The predicted molar refractivity (Wildman–Crippen MR) is 65.9 cm³/mol. The SMILES string of the molecule is CC1(NC(=O)c2cccc([N+](=O)[O-])c2Br)CC1. The number of halogens is 1. The van der Waals surface area contributed by atoms with Crippen molar-refractivity contribution in [2.24, 2.45) is 0 Å². The van der Waals surface area contributed by atoms with Crippen LogP contribution in [0.25, 0.3) is 0 Å². The Morgan fingerprint density at radius 1 is 1.53 bits per heavy atom. The molecular formula is C11H11BrN2O3. The molecule has 1 saturated carbocycles. The number of rotatable bonds is 3. The number of benzene rings is 1. The first-order valence-electron chi connectivity index (χ1n) is 5.18. The van der Waals surface area contributed by atoms with E-state index < -0.39 is 4.92 Å². The summed E-state index contributed by atoms with van der Waals surface area (Å²) in [6.07, 6.45) is 1.90. The maximum Gasteiger partial charge on any atom is 0.284 e. The highest BCUT2D eigenvalue weighted by atomic mass is 79.9. The third-order valence-corrected chi connectivity index (χ3v) is 3.67. The molecule has 0 radical (unpaired) electrons. The number of amides is 1. The van der Waals surface area contributed by atoms with Gasteiger partial charge in [-0.05, 0) is 41.8 Å². The van der Waals surface area contributed by atoms with Crippen molar-refractivity contribution < 1.29 is 9.72 Å². The molecule has 1 aliphatic rings. The van der Waals surface area contributed by atoms with Gasteiger partial charge in [0, 0.05) is 11.6 Å². The van der Waals surface area contributed by atoms with Gasteiger partial charge in [-0.15, -0.1) is 0 Å². The molecule has 6 heteroatoms. The molecule has 0 saturated heterocycles. The molecular weight excluding hydrogens is 288 g/mol. The van der Waals surface area contributed by atoms with Gasteiger partial charge in [0.1, 0.15) is 4.47 Å². The average molecular weight is 299 g/mol. The van der Waals surface area contributed by atoms with Crippen LogP contribution in [0.15, 0.2) is 22.7 Å². The van der Waals surface area contributed by atoms with Gasteiger partial charge in [0.25, 0.3) is 11.6 Å². The van der Waals surface area contributed by atoms with Crippen molar-refractivity contribution >= 4 is 27.5 Å². The van der Waals surface area contributed by atoms with Gasteiger partial charge in [0.05, 0.1) is 10.5 Å². The fraction of sp³-hybridized carbons (Fsp3) is 0.364. The van der Waals surface area contributed by atoms with Crippen LogP contribution in [0.3, 0.4) is 0 Å². The van der Waals surface area contributed by atoms with Crippen LogP contribution < -0.4 is 5.32 Å². The highest BCUT2D eigenvalue weighted by Crippen LogP contribution is 2.35. The Hall–Kier alpha value is -1.43. The van der Waals surface area contributed by atoms with E-state index in [-0.39, 0.29) is 21.6 Å². The maximum atomic E-state index is 11.9. The van der Waals surface area contributed by atoms with E-state index in [9.17, 15) is 14.9 Å². The fourth-order valence-corrected chi connectivity index (χ4v) is 2.08. The first kappa shape index (κ1) is 12.0. The summed E-state index contributed by atoms with van der Waals surface area (Å²) in [7, 11) is 0. The number of hydrogen-bond donors (Lipinski definition) is 1. The quantitative estimate of drug-likeness (QED) is 0.689. The molecule has 0 aliphatic heterocycles. The van der Waals surface area contributed by atoms with Crippen LogP contribution in [0.1, 0.15) is 30.1 Å². The lowest BCUT2D eigenvalue weighted by Gasteiger charge is -2.12. The topological polar surface area (TPSA) is 72.2 Å². The largest absolute Gasteiger partial charge is 0.347 e. The maximum absolute atomic E-state index is 11.9. The van der Waals surface area contributed by atoms with E-state index in [2.05, 4.69) is 21.2 Å². The molecule has 1 amide bonds. The Morgan fingerprint density at radius 3 is 2.71 bits per heavy atom. The van der Waals surface area contributed by atoms with E-state index in [1.807, 2.05) is 6.92 Å². The summed E-state index contributed by atoms with van der Waals surface area (Å²) in [6.45, 7) is 1.95. The molecule has 0 atom stereocenters. The first-order valence-corrected chi connectivity index (χ1v) is 5.98. The second-order valence-corrected chi connectivity index (χ2v) is 5.20. The lowest BCUT2D eigenvalue weighted by molar-refractivity contribution is -0.385. The van der Waals surface area contributed by atoms with E-state index in [4.69, 9.17) is 0 Å². The smallest absolute Gasteiger partial charge is 0.284 e. The van der Waals surface area contributed by atoms with E-state index >= 15 is 0 Å². The molecule has 0 heterocycles. The van der Waals surface area contributed by atoms with Crippen molar-refractivity contribution in [3.63, 3.8) is 0 Å². The molecule has 5 nitrogen and oxygen atoms in total. The highest BCUT2D eigenvalue weighted by Gasteiger charge is 2.39. The Balaban J connectivity index is 2.29. The minimum Gasteiger partial charge on any atom is -0.347 e. The fourth-order valence-electron chi connectivity index (χ4n) is 1.49. The van der Waals surface area contributed by atoms with Gasteiger partial charge in [-0.3, -0.25) is 14.9 Å². The number of nitrogens with zero attached hydrogens (tertiary/aromatic N) is 1. The van der Waals surface area contributed by atoms with Crippen LogP contribution in [0, 0.1) is 10.1 Å². The highest BCUT2D eigenvalue weighted by molar-refractivity contribution is 9.10. The van der Waals surface area contributed by atoms with Gasteiger partial charge < -0.3 is 5.32 Å². The van der Waals surface area contributed by atoms with Gasteiger partial charge in [-0.25, -0.2) is 0 Å². The molecule has 1 N–H and O–H groups in total. The number of nitrogens with one attached hydrogen (secondary N) is 1. The second-order valence-electron chi connectivity index (χ2n) is 4.41. The summed E-state index contributed by atoms with van der Waals surface area (Å²) in [4.78, 5) is 22.2. The molecule has 1 aromatic rings. The Labute approximate surface area is 106 Å².